The van der Waals surface area contributed by atoms with Crippen LogP contribution < -0.4 is 20.5 Å². The molecule has 1 heterocycles. The third-order valence-corrected chi connectivity index (χ3v) is 3.97. The highest BCUT2D eigenvalue weighted by molar-refractivity contribution is 6.32. The van der Waals surface area contributed by atoms with Gasteiger partial charge in [0, 0.05) is 24.0 Å². The Morgan fingerprint density at radius 3 is 2.75 bits per heavy atom. The molecule has 2 aromatic carbocycles. The number of methoxy groups -OCH3 is 1. The Balaban J connectivity index is 1.58. The van der Waals surface area contributed by atoms with Crippen LogP contribution in [0, 0.1) is 5.82 Å². The first-order valence-corrected chi connectivity index (χ1v) is 8.70. The zero-order chi connectivity index (χ0) is 19.9. The van der Waals surface area contributed by atoms with E-state index < -0.39 is 0 Å². The normalized spacial score (nSPS) is 11.2. The van der Waals surface area contributed by atoms with Gasteiger partial charge >= 0.3 is 0 Å². The summed E-state index contributed by atoms with van der Waals surface area (Å²) in [6.45, 7) is 0.329. The quantitative estimate of drug-likeness (QED) is 0.466. The lowest BCUT2D eigenvalue weighted by Gasteiger charge is -2.08. The van der Waals surface area contributed by atoms with Gasteiger partial charge in [-0.15, -0.1) is 0 Å². The molecule has 3 N–H and O–H groups in total. The molecule has 144 valence electrons. The summed E-state index contributed by atoms with van der Waals surface area (Å²) in [4.78, 5) is 8.46. The standard InChI is InChI=1S/C20H18ClFN4O2/c1-27-18-7-6-15(10-17(18)21)26-20(23)25-12-13-5-8-19(24-11-13)28-16-4-2-3-14(22)9-16/h2-11H,12H2,1H3,(H3,23,25,26). The molecular weight excluding hydrogens is 383 g/mol. The van der Waals surface area contributed by atoms with Crippen LogP contribution in [0.1, 0.15) is 5.56 Å². The number of halogens is 2. The molecular formula is C20H18ClFN4O2. The van der Waals surface area contributed by atoms with E-state index >= 15 is 0 Å². The Kier molecular flexibility index (Phi) is 6.29. The maximum Gasteiger partial charge on any atom is 0.219 e. The van der Waals surface area contributed by atoms with Crippen molar-refractivity contribution in [1.29, 1.82) is 0 Å². The largest absolute Gasteiger partial charge is 0.495 e. The number of nitrogens with one attached hydrogen (secondary N) is 1. The van der Waals surface area contributed by atoms with Gasteiger partial charge in [-0.2, -0.15) is 0 Å². The van der Waals surface area contributed by atoms with Crippen molar-refractivity contribution in [2.24, 2.45) is 10.7 Å². The predicted octanol–water partition coefficient (Wildman–Crippen LogP) is 4.60. The Morgan fingerprint density at radius 1 is 1.21 bits per heavy atom. The molecule has 0 bridgehead atoms. The average molecular weight is 401 g/mol. The number of benzene rings is 2. The molecule has 0 saturated carbocycles. The van der Waals surface area contributed by atoms with Gasteiger partial charge in [-0.1, -0.05) is 23.7 Å². The lowest BCUT2D eigenvalue weighted by atomic mass is 10.3. The fourth-order valence-corrected chi connectivity index (χ4v) is 2.58. The summed E-state index contributed by atoms with van der Waals surface area (Å²) >= 11 is 6.08. The first-order valence-electron chi connectivity index (χ1n) is 8.32. The third kappa shape index (κ3) is 5.34. The molecule has 0 fully saturated rings. The van der Waals surface area contributed by atoms with Gasteiger partial charge < -0.3 is 20.5 Å². The van der Waals surface area contributed by atoms with E-state index in [1.165, 1.54) is 12.1 Å². The molecule has 0 spiro atoms. The number of pyridine rings is 1. The predicted molar refractivity (Wildman–Crippen MR) is 108 cm³/mol. The zero-order valence-electron chi connectivity index (χ0n) is 15.0. The van der Waals surface area contributed by atoms with Gasteiger partial charge in [0.25, 0.3) is 0 Å². The van der Waals surface area contributed by atoms with Gasteiger partial charge in [0.15, 0.2) is 5.96 Å². The summed E-state index contributed by atoms with van der Waals surface area (Å²) in [6, 6.07) is 14.6. The molecule has 0 aliphatic carbocycles. The number of anilines is 1. The van der Waals surface area contributed by atoms with Crippen molar-refractivity contribution in [3.05, 3.63) is 77.2 Å². The molecule has 1 aromatic heterocycles. The highest BCUT2D eigenvalue weighted by Crippen LogP contribution is 2.27. The van der Waals surface area contributed by atoms with Crippen molar-refractivity contribution in [1.82, 2.24) is 4.98 Å². The minimum atomic E-state index is -0.371. The van der Waals surface area contributed by atoms with E-state index in [2.05, 4.69) is 15.3 Å². The lowest BCUT2D eigenvalue weighted by molar-refractivity contribution is 0.415. The van der Waals surface area contributed by atoms with Crippen LogP contribution in [0.5, 0.6) is 17.4 Å². The SMILES string of the molecule is COc1ccc(NC(N)=NCc2ccc(Oc3cccc(F)c3)nc2)cc1Cl. The van der Waals surface area contributed by atoms with Crippen molar-refractivity contribution in [2.75, 3.05) is 12.4 Å². The van der Waals surface area contributed by atoms with Gasteiger partial charge in [-0.05, 0) is 35.9 Å². The number of nitrogens with two attached hydrogens (primary N) is 1. The molecule has 3 rings (SSSR count). The average Bonchev–Trinajstić information content (AvgIpc) is 2.68. The molecule has 0 atom stereocenters. The maximum atomic E-state index is 13.2. The molecule has 28 heavy (non-hydrogen) atoms. The van der Waals surface area contributed by atoms with Gasteiger partial charge in [-0.25, -0.2) is 14.4 Å². The summed E-state index contributed by atoms with van der Waals surface area (Å²) in [5.41, 5.74) is 7.44. The number of nitrogens with zero attached hydrogens (tertiary/aromatic N) is 2. The molecule has 3 aromatic rings. The second kappa shape index (κ2) is 9.05. The molecule has 0 amide bonds. The number of aliphatic imine (C=N–C) groups is 1. The van der Waals surface area contributed by atoms with Crippen LogP contribution in [0.2, 0.25) is 5.02 Å². The van der Waals surface area contributed by atoms with Crippen LogP contribution in [0.15, 0.2) is 65.8 Å². The summed E-state index contributed by atoms with van der Waals surface area (Å²) in [6.07, 6.45) is 1.62. The Labute approximate surface area is 166 Å². The maximum absolute atomic E-state index is 13.2. The second-order valence-electron chi connectivity index (χ2n) is 5.74. The molecule has 0 radical (unpaired) electrons. The fourth-order valence-electron chi connectivity index (χ4n) is 2.32. The number of hydrogen-bond acceptors (Lipinski definition) is 4. The Hall–Kier alpha value is -3.32. The van der Waals surface area contributed by atoms with Crippen molar-refractivity contribution in [3.8, 4) is 17.4 Å². The van der Waals surface area contributed by atoms with Crippen LogP contribution in [0.3, 0.4) is 0 Å². The van der Waals surface area contributed by atoms with Gasteiger partial charge in [0.2, 0.25) is 5.88 Å². The number of ether oxygens (including phenoxy) is 2. The zero-order valence-corrected chi connectivity index (χ0v) is 15.8. The monoisotopic (exact) mass is 400 g/mol. The second-order valence-corrected chi connectivity index (χ2v) is 6.15. The van der Waals surface area contributed by atoms with E-state index in [4.69, 9.17) is 26.8 Å². The third-order valence-electron chi connectivity index (χ3n) is 3.67. The van der Waals surface area contributed by atoms with Crippen LogP contribution in [0.4, 0.5) is 10.1 Å². The van der Waals surface area contributed by atoms with Crippen LogP contribution in [-0.2, 0) is 6.54 Å². The summed E-state index contributed by atoms with van der Waals surface area (Å²) in [7, 11) is 1.55. The number of guanidine groups is 1. The molecule has 0 saturated heterocycles. The summed E-state index contributed by atoms with van der Waals surface area (Å²) in [5, 5.41) is 3.43. The van der Waals surface area contributed by atoms with Crippen molar-refractivity contribution in [2.45, 2.75) is 6.54 Å². The molecule has 8 heteroatoms. The van der Waals surface area contributed by atoms with E-state index in [0.29, 0.717) is 34.6 Å². The number of aromatic nitrogens is 1. The van der Waals surface area contributed by atoms with Gasteiger partial charge in [0.05, 0.1) is 18.7 Å². The number of rotatable bonds is 6. The van der Waals surface area contributed by atoms with Gasteiger partial charge in [-0.3, -0.25) is 0 Å². The molecule has 6 nitrogen and oxygen atoms in total. The summed E-state index contributed by atoms with van der Waals surface area (Å²) < 4.78 is 23.8. The van der Waals surface area contributed by atoms with E-state index in [1.54, 1.807) is 49.7 Å². The molecule has 0 aliphatic heterocycles. The lowest BCUT2D eigenvalue weighted by Crippen LogP contribution is -2.22. The van der Waals surface area contributed by atoms with Crippen LogP contribution in [-0.4, -0.2) is 18.1 Å². The molecule has 0 unspecified atom stereocenters. The highest BCUT2D eigenvalue weighted by Gasteiger charge is 2.04. The van der Waals surface area contributed by atoms with Crippen molar-refractivity contribution in [3.63, 3.8) is 0 Å². The van der Waals surface area contributed by atoms with Crippen molar-refractivity contribution >= 4 is 23.2 Å². The van der Waals surface area contributed by atoms with Crippen LogP contribution >= 0.6 is 11.6 Å². The van der Waals surface area contributed by atoms with Gasteiger partial charge in [0.1, 0.15) is 17.3 Å². The smallest absolute Gasteiger partial charge is 0.219 e. The Morgan fingerprint density at radius 2 is 2.07 bits per heavy atom. The highest BCUT2D eigenvalue weighted by atomic mass is 35.5. The molecule has 0 aliphatic rings. The van der Waals surface area contributed by atoms with E-state index in [1.807, 2.05) is 6.07 Å². The first kappa shape index (κ1) is 19.4. The van der Waals surface area contributed by atoms with Crippen molar-refractivity contribution < 1.29 is 13.9 Å². The summed E-state index contributed by atoms with van der Waals surface area (Å²) in [5.74, 6) is 1.18. The van der Waals surface area contributed by atoms with Crippen LogP contribution in [0.25, 0.3) is 0 Å². The minimum absolute atomic E-state index is 0.237. The first-order chi connectivity index (χ1) is 13.5. The Bertz CT molecular complexity index is 980. The fraction of sp³-hybridized carbons (Fsp3) is 0.100. The minimum Gasteiger partial charge on any atom is -0.495 e. The topological polar surface area (TPSA) is 81.8 Å². The van der Waals surface area contributed by atoms with E-state index in [9.17, 15) is 4.39 Å². The number of hydrogen-bond donors (Lipinski definition) is 2. The van der Waals surface area contributed by atoms with E-state index in [-0.39, 0.29) is 11.8 Å². The van der Waals surface area contributed by atoms with E-state index in [0.717, 1.165) is 5.56 Å².